The van der Waals surface area contributed by atoms with Gasteiger partial charge in [0.05, 0.1) is 0 Å². The highest BCUT2D eigenvalue weighted by atomic mass is 79.9. The molecule has 0 unspecified atom stereocenters. The van der Waals surface area contributed by atoms with Crippen molar-refractivity contribution in [1.29, 1.82) is 0 Å². The summed E-state index contributed by atoms with van der Waals surface area (Å²) in [5.74, 6) is 0. The van der Waals surface area contributed by atoms with Crippen LogP contribution in [0.15, 0.2) is 34.8 Å². The molecule has 0 heterocycles. The van der Waals surface area contributed by atoms with Crippen molar-refractivity contribution in [3.8, 4) is 0 Å². The molecule has 0 aliphatic heterocycles. The molecule has 1 rings (SSSR count). The van der Waals surface area contributed by atoms with Gasteiger partial charge in [-0.05, 0) is 24.6 Å². The Morgan fingerprint density at radius 1 is 1.17 bits per heavy atom. The first-order valence-electron chi connectivity index (χ1n) is 3.39. The van der Waals surface area contributed by atoms with Crippen molar-refractivity contribution in [2.45, 2.75) is 6.92 Å². The summed E-state index contributed by atoms with van der Waals surface area (Å²) in [6, 6.07) is 6.78. The van der Waals surface area contributed by atoms with Crippen LogP contribution >= 0.6 is 15.9 Å². The molecule has 0 N–H and O–H groups in total. The van der Waals surface area contributed by atoms with Gasteiger partial charge < -0.3 is 0 Å². The van der Waals surface area contributed by atoms with Crippen molar-refractivity contribution in [2.24, 2.45) is 0 Å². The van der Waals surface area contributed by atoms with Gasteiger partial charge in [-0.15, -0.1) is 0 Å². The van der Waals surface area contributed by atoms with Crippen LogP contribution in [-0.2, 0) is 0 Å². The van der Waals surface area contributed by atoms with Crippen molar-refractivity contribution in [3.63, 3.8) is 0 Å². The number of hydrogen-bond donors (Lipinski definition) is 0. The molecule has 0 aliphatic rings. The highest BCUT2D eigenvalue weighted by Crippen LogP contribution is 2.21. The van der Waals surface area contributed by atoms with E-state index in [1.807, 2.05) is 0 Å². The number of allylic oxidation sites excluding steroid dienone is 1. The van der Waals surface area contributed by atoms with Gasteiger partial charge in [-0.2, -0.15) is 8.78 Å². The lowest BCUT2D eigenvalue weighted by atomic mass is 10.1. The molecule has 0 saturated carbocycles. The van der Waals surface area contributed by atoms with Crippen molar-refractivity contribution in [2.75, 3.05) is 0 Å². The Hall–Kier alpha value is -0.700. The second-order valence-corrected chi connectivity index (χ2v) is 3.31. The van der Waals surface area contributed by atoms with Gasteiger partial charge in [-0.1, -0.05) is 28.1 Å². The minimum Gasteiger partial charge on any atom is -0.173 e. The molecule has 1 aromatic carbocycles. The fraction of sp³-hybridized carbons (Fsp3) is 0.111. The number of halogens is 3. The van der Waals surface area contributed by atoms with Crippen molar-refractivity contribution < 1.29 is 8.78 Å². The van der Waals surface area contributed by atoms with Crippen LogP contribution in [0.4, 0.5) is 8.78 Å². The van der Waals surface area contributed by atoms with Crippen LogP contribution < -0.4 is 0 Å². The highest BCUT2D eigenvalue weighted by molar-refractivity contribution is 9.10. The predicted octanol–water partition coefficient (Wildman–Crippen LogP) is 4.08. The first-order valence-corrected chi connectivity index (χ1v) is 4.18. The first kappa shape index (κ1) is 9.39. The Morgan fingerprint density at radius 2 is 1.67 bits per heavy atom. The van der Waals surface area contributed by atoms with Crippen LogP contribution in [0.5, 0.6) is 0 Å². The fourth-order valence-corrected chi connectivity index (χ4v) is 1.07. The lowest BCUT2D eigenvalue weighted by Gasteiger charge is -1.99. The molecule has 0 bridgehead atoms. The molecule has 0 saturated heterocycles. The van der Waals surface area contributed by atoms with Gasteiger partial charge in [0.15, 0.2) is 0 Å². The normalized spacial score (nSPS) is 9.67. The van der Waals surface area contributed by atoms with E-state index in [2.05, 4.69) is 15.9 Å². The smallest absolute Gasteiger partial charge is 0.173 e. The van der Waals surface area contributed by atoms with E-state index in [0.29, 0.717) is 5.56 Å². The molecule has 0 nitrogen and oxygen atoms in total. The quantitative estimate of drug-likeness (QED) is 0.685. The van der Waals surface area contributed by atoms with Crippen molar-refractivity contribution in [3.05, 3.63) is 40.4 Å². The zero-order valence-electron chi connectivity index (χ0n) is 6.44. The molecule has 0 aromatic heterocycles. The SMILES string of the molecule is CC(=C(F)F)c1ccc(Br)cc1. The summed E-state index contributed by atoms with van der Waals surface area (Å²) >= 11 is 3.23. The van der Waals surface area contributed by atoms with Crippen LogP contribution in [0.25, 0.3) is 5.57 Å². The molecular formula is C9H7BrF2. The van der Waals surface area contributed by atoms with Gasteiger partial charge in [0.1, 0.15) is 0 Å². The molecule has 3 heteroatoms. The maximum Gasteiger partial charge on any atom is 0.273 e. The highest BCUT2D eigenvalue weighted by Gasteiger charge is 2.01. The average Bonchev–Trinajstić information content (AvgIpc) is 2.04. The second kappa shape index (κ2) is 3.81. The number of hydrogen-bond acceptors (Lipinski definition) is 0. The predicted molar refractivity (Wildman–Crippen MR) is 49.0 cm³/mol. The molecule has 0 fully saturated rings. The van der Waals surface area contributed by atoms with E-state index < -0.39 is 6.08 Å². The monoisotopic (exact) mass is 232 g/mol. The Morgan fingerprint density at radius 3 is 2.08 bits per heavy atom. The van der Waals surface area contributed by atoms with Gasteiger partial charge in [0.25, 0.3) is 6.08 Å². The first-order chi connectivity index (χ1) is 5.61. The van der Waals surface area contributed by atoms with Gasteiger partial charge >= 0.3 is 0 Å². The Bertz CT molecular complexity index is 297. The average molecular weight is 233 g/mol. The summed E-state index contributed by atoms with van der Waals surface area (Å²) in [6.45, 7) is 1.40. The van der Waals surface area contributed by atoms with E-state index >= 15 is 0 Å². The largest absolute Gasteiger partial charge is 0.273 e. The Kier molecular flexibility index (Phi) is 2.98. The summed E-state index contributed by atoms with van der Waals surface area (Å²) in [5.41, 5.74) is 0.584. The van der Waals surface area contributed by atoms with E-state index in [-0.39, 0.29) is 5.57 Å². The number of rotatable bonds is 1. The Labute approximate surface area is 78.0 Å². The van der Waals surface area contributed by atoms with E-state index in [4.69, 9.17) is 0 Å². The fourth-order valence-electron chi connectivity index (χ4n) is 0.809. The molecule has 0 aliphatic carbocycles. The summed E-state index contributed by atoms with van der Waals surface area (Å²) in [6.07, 6.45) is -1.63. The molecular weight excluding hydrogens is 226 g/mol. The summed E-state index contributed by atoms with van der Waals surface area (Å²) in [4.78, 5) is 0. The van der Waals surface area contributed by atoms with Gasteiger partial charge in [-0.3, -0.25) is 0 Å². The molecule has 64 valence electrons. The van der Waals surface area contributed by atoms with Crippen LogP contribution in [0.2, 0.25) is 0 Å². The summed E-state index contributed by atoms with van der Waals surface area (Å²) < 4.78 is 25.1. The third kappa shape index (κ3) is 2.14. The van der Waals surface area contributed by atoms with Crippen LogP contribution in [0.1, 0.15) is 12.5 Å². The van der Waals surface area contributed by atoms with Gasteiger partial charge in [0, 0.05) is 10.0 Å². The molecule has 0 amide bonds. The topological polar surface area (TPSA) is 0 Å². The minimum atomic E-state index is -1.63. The van der Waals surface area contributed by atoms with Gasteiger partial charge in [0.2, 0.25) is 0 Å². The zero-order chi connectivity index (χ0) is 9.14. The van der Waals surface area contributed by atoms with Crippen molar-refractivity contribution in [1.82, 2.24) is 0 Å². The lowest BCUT2D eigenvalue weighted by Crippen LogP contribution is -1.79. The Balaban J connectivity index is 3.06. The summed E-state index contributed by atoms with van der Waals surface area (Å²) in [7, 11) is 0. The maximum absolute atomic E-state index is 12.1. The zero-order valence-corrected chi connectivity index (χ0v) is 8.03. The van der Waals surface area contributed by atoms with E-state index in [0.717, 1.165) is 4.47 Å². The molecule has 0 radical (unpaired) electrons. The standard InChI is InChI=1S/C9H7BrF2/c1-6(9(11)12)7-2-4-8(10)5-3-7/h2-5H,1H3. The molecule has 1 aromatic rings. The maximum atomic E-state index is 12.1. The second-order valence-electron chi connectivity index (χ2n) is 2.39. The van der Waals surface area contributed by atoms with E-state index in [1.165, 1.54) is 6.92 Å². The van der Waals surface area contributed by atoms with E-state index in [9.17, 15) is 8.78 Å². The lowest BCUT2D eigenvalue weighted by molar-refractivity contribution is 0.425. The molecule has 0 atom stereocenters. The van der Waals surface area contributed by atoms with Crippen LogP contribution in [0.3, 0.4) is 0 Å². The van der Waals surface area contributed by atoms with Crippen LogP contribution in [-0.4, -0.2) is 0 Å². The summed E-state index contributed by atoms with van der Waals surface area (Å²) in [5, 5.41) is 0. The van der Waals surface area contributed by atoms with Gasteiger partial charge in [-0.25, -0.2) is 0 Å². The van der Waals surface area contributed by atoms with E-state index in [1.54, 1.807) is 24.3 Å². The third-order valence-corrected chi connectivity index (χ3v) is 2.09. The van der Waals surface area contributed by atoms with Crippen molar-refractivity contribution >= 4 is 21.5 Å². The molecule has 0 spiro atoms. The third-order valence-electron chi connectivity index (χ3n) is 1.56. The number of benzene rings is 1. The molecule has 12 heavy (non-hydrogen) atoms. The minimum absolute atomic E-state index is 0.0301. The van der Waals surface area contributed by atoms with Crippen LogP contribution in [0, 0.1) is 0 Å².